The van der Waals surface area contributed by atoms with Gasteiger partial charge in [-0.15, -0.1) is 35.3 Å². The number of aliphatic imine (C=N–C) groups is 1. The molecule has 1 heterocycles. The molecule has 1 aromatic carbocycles. The summed E-state index contributed by atoms with van der Waals surface area (Å²) in [6.07, 6.45) is 0. The quantitative estimate of drug-likeness (QED) is 0.410. The van der Waals surface area contributed by atoms with Gasteiger partial charge in [-0.2, -0.15) is 0 Å². The third-order valence-electron chi connectivity index (χ3n) is 3.32. The molecule has 132 valence electrons. The summed E-state index contributed by atoms with van der Waals surface area (Å²) in [6, 6.07) is 6.42. The number of rotatable bonds is 4. The van der Waals surface area contributed by atoms with Crippen molar-refractivity contribution in [3.05, 3.63) is 51.7 Å². The Bertz CT molecular complexity index is 662. The van der Waals surface area contributed by atoms with Crippen molar-refractivity contribution in [1.82, 2.24) is 15.6 Å². The molecule has 0 amide bonds. The zero-order chi connectivity index (χ0) is 16.9. The predicted octanol–water partition coefficient (Wildman–Crippen LogP) is 4.06. The molecule has 0 saturated heterocycles. The minimum Gasteiger partial charge on any atom is -0.352 e. The van der Waals surface area contributed by atoms with Crippen molar-refractivity contribution in [2.45, 2.75) is 39.3 Å². The van der Waals surface area contributed by atoms with Crippen LogP contribution < -0.4 is 10.6 Å². The van der Waals surface area contributed by atoms with Gasteiger partial charge in [0, 0.05) is 24.4 Å². The monoisotopic (exact) mass is 462 g/mol. The lowest BCUT2D eigenvalue weighted by molar-refractivity contribution is 0.570. The lowest BCUT2D eigenvalue weighted by Crippen LogP contribution is -2.36. The van der Waals surface area contributed by atoms with Crippen LogP contribution in [-0.4, -0.2) is 18.0 Å². The molecule has 0 spiro atoms. The van der Waals surface area contributed by atoms with E-state index in [-0.39, 0.29) is 35.2 Å². The van der Waals surface area contributed by atoms with Crippen LogP contribution in [0.3, 0.4) is 0 Å². The van der Waals surface area contributed by atoms with Crippen LogP contribution >= 0.6 is 35.3 Å². The molecule has 2 N–H and O–H groups in total. The molecule has 0 bridgehead atoms. The topological polar surface area (TPSA) is 49.3 Å². The molecule has 0 aliphatic rings. The van der Waals surface area contributed by atoms with Gasteiger partial charge >= 0.3 is 0 Å². The van der Waals surface area contributed by atoms with E-state index in [1.54, 1.807) is 30.5 Å². The van der Waals surface area contributed by atoms with Gasteiger partial charge in [-0.1, -0.05) is 32.9 Å². The van der Waals surface area contributed by atoms with Gasteiger partial charge in [0.2, 0.25) is 0 Å². The van der Waals surface area contributed by atoms with Gasteiger partial charge in [-0.3, -0.25) is 4.99 Å². The van der Waals surface area contributed by atoms with E-state index >= 15 is 0 Å². The lowest BCUT2D eigenvalue weighted by atomic mass is 9.93. The summed E-state index contributed by atoms with van der Waals surface area (Å²) in [6.45, 7) is 7.68. The zero-order valence-electron chi connectivity index (χ0n) is 14.4. The maximum absolute atomic E-state index is 12.9. The first-order chi connectivity index (χ1) is 10.9. The first-order valence-corrected chi connectivity index (χ1v) is 8.40. The van der Waals surface area contributed by atoms with E-state index in [9.17, 15) is 4.39 Å². The minimum atomic E-state index is -0.227. The number of halogens is 2. The van der Waals surface area contributed by atoms with E-state index in [0.29, 0.717) is 19.0 Å². The van der Waals surface area contributed by atoms with Crippen molar-refractivity contribution in [3.63, 3.8) is 0 Å². The first-order valence-electron chi connectivity index (χ1n) is 7.52. The van der Waals surface area contributed by atoms with Crippen molar-refractivity contribution in [2.75, 3.05) is 7.05 Å². The van der Waals surface area contributed by atoms with E-state index < -0.39 is 0 Å². The highest BCUT2D eigenvalue weighted by Gasteiger charge is 2.17. The normalized spacial score (nSPS) is 11.8. The van der Waals surface area contributed by atoms with Crippen LogP contribution in [0.25, 0.3) is 0 Å². The number of hydrogen-bond donors (Lipinski definition) is 2. The van der Waals surface area contributed by atoms with Crippen LogP contribution in [0.15, 0.2) is 34.6 Å². The summed E-state index contributed by atoms with van der Waals surface area (Å²) >= 11 is 1.65. The minimum absolute atomic E-state index is 0. The molecule has 1 aromatic heterocycles. The SMILES string of the molecule is CN=C(NCc1ccc(F)cc1)NCc1nc(C(C)(C)C)cs1.I. The predicted molar refractivity (Wildman–Crippen MR) is 110 cm³/mol. The molecule has 2 aromatic rings. The summed E-state index contributed by atoms with van der Waals surface area (Å²) in [7, 11) is 1.72. The highest BCUT2D eigenvalue weighted by Crippen LogP contribution is 2.23. The molecule has 0 radical (unpaired) electrons. The molecule has 24 heavy (non-hydrogen) atoms. The van der Waals surface area contributed by atoms with Crippen molar-refractivity contribution in [3.8, 4) is 0 Å². The number of benzene rings is 1. The van der Waals surface area contributed by atoms with Crippen LogP contribution in [-0.2, 0) is 18.5 Å². The summed E-state index contributed by atoms with van der Waals surface area (Å²) in [5.41, 5.74) is 2.17. The molecule has 0 atom stereocenters. The molecular formula is C17H24FIN4S. The Morgan fingerprint density at radius 3 is 2.33 bits per heavy atom. The Labute approximate surface area is 164 Å². The van der Waals surface area contributed by atoms with Gasteiger partial charge < -0.3 is 10.6 Å². The van der Waals surface area contributed by atoms with Gasteiger partial charge in [-0.25, -0.2) is 9.37 Å². The third-order valence-corrected chi connectivity index (χ3v) is 4.17. The van der Waals surface area contributed by atoms with Crippen molar-refractivity contribution in [1.29, 1.82) is 0 Å². The van der Waals surface area contributed by atoms with Crippen molar-refractivity contribution in [2.24, 2.45) is 4.99 Å². The first kappa shape index (κ1) is 20.8. The molecular weight excluding hydrogens is 438 g/mol. The van der Waals surface area contributed by atoms with Crippen LogP contribution in [0.2, 0.25) is 0 Å². The molecule has 2 rings (SSSR count). The van der Waals surface area contributed by atoms with E-state index in [1.807, 2.05) is 0 Å². The highest BCUT2D eigenvalue weighted by atomic mass is 127. The third kappa shape index (κ3) is 6.35. The van der Waals surface area contributed by atoms with Crippen molar-refractivity contribution < 1.29 is 4.39 Å². The lowest BCUT2D eigenvalue weighted by Gasteiger charge is -2.14. The second kappa shape index (κ2) is 9.31. The fourth-order valence-corrected chi connectivity index (χ4v) is 2.87. The summed E-state index contributed by atoms with van der Waals surface area (Å²) in [5, 5.41) is 9.58. The maximum atomic E-state index is 12.9. The van der Waals surface area contributed by atoms with Gasteiger partial charge in [0.15, 0.2) is 5.96 Å². The van der Waals surface area contributed by atoms with Crippen LogP contribution in [0.5, 0.6) is 0 Å². The number of nitrogens with zero attached hydrogens (tertiary/aromatic N) is 2. The van der Waals surface area contributed by atoms with Crippen molar-refractivity contribution >= 4 is 41.3 Å². The zero-order valence-corrected chi connectivity index (χ0v) is 17.5. The van der Waals surface area contributed by atoms with E-state index in [4.69, 9.17) is 0 Å². The number of guanidine groups is 1. The summed E-state index contributed by atoms with van der Waals surface area (Å²) < 4.78 is 12.9. The highest BCUT2D eigenvalue weighted by molar-refractivity contribution is 14.0. The molecule has 0 unspecified atom stereocenters. The van der Waals surface area contributed by atoms with E-state index in [1.165, 1.54) is 12.1 Å². The molecule has 0 fully saturated rings. The second-order valence-electron chi connectivity index (χ2n) is 6.28. The molecule has 0 aliphatic heterocycles. The number of thiazole rings is 1. The smallest absolute Gasteiger partial charge is 0.191 e. The van der Waals surface area contributed by atoms with Gasteiger partial charge in [0.1, 0.15) is 10.8 Å². The molecule has 7 heteroatoms. The standard InChI is InChI=1S/C17H23FN4S.HI/c1-17(2,3)14-11-23-15(22-14)10-21-16(19-4)20-9-12-5-7-13(18)8-6-12;/h5-8,11H,9-10H2,1-4H3,(H2,19,20,21);1H. The van der Waals surface area contributed by atoms with E-state index in [2.05, 4.69) is 46.8 Å². The van der Waals surface area contributed by atoms with Crippen LogP contribution in [0, 0.1) is 5.82 Å². The molecule has 0 saturated carbocycles. The van der Waals surface area contributed by atoms with Crippen LogP contribution in [0.4, 0.5) is 4.39 Å². The molecule has 4 nitrogen and oxygen atoms in total. The summed E-state index contributed by atoms with van der Waals surface area (Å²) in [5.74, 6) is 0.469. The average Bonchev–Trinajstić information content (AvgIpc) is 2.98. The fraction of sp³-hybridized carbons (Fsp3) is 0.412. The molecule has 0 aliphatic carbocycles. The Balaban J connectivity index is 0.00000288. The maximum Gasteiger partial charge on any atom is 0.191 e. The van der Waals surface area contributed by atoms with Gasteiger partial charge in [0.05, 0.1) is 12.2 Å². The van der Waals surface area contributed by atoms with Gasteiger partial charge in [0.25, 0.3) is 0 Å². The number of nitrogens with one attached hydrogen (secondary N) is 2. The fourth-order valence-electron chi connectivity index (χ4n) is 1.90. The Morgan fingerprint density at radius 1 is 1.17 bits per heavy atom. The van der Waals surface area contributed by atoms with Crippen LogP contribution in [0.1, 0.15) is 37.0 Å². The Morgan fingerprint density at radius 2 is 1.79 bits per heavy atom. The number of hydrogen-bond acceptors (Lipinski definition) is 3. The number of aromatic nitrogens is 1. The summed E-state index contributed by atoms with van der Waals surface area (Å²) in [4.78, 5) is 8.84. The average molecular weight is 462 g/mol. The Kier molecular flexibility index (Phi) is 8.08. The van der Waals surface area contributed by atoms with Gasteiger partial charge in [-0.05, 0) is 17.7 Å². The Hall–Kier alpha value is -1.22. The second-order valence-corrected chi connectivity index (χ2v) is 7.22. The van der Waals surface area contributed by atoms with E-state index in [0.717, 1.165) is 16.3 Å². The largest absolute Gasteiger partial charge is 0.352 e.